The number of allylic oxidation sites excluding steroid dienone is 1. The molecule has 0 saturated carbocycles. The number of anilines is 1. The number of nitrogens with zero attached hydrogens (tertiary/aromatic N) is 2. The summed E-state index contributed by atoms with van der Waals surface area (Å²) in [7, 11) is 0. The Morgan fingerprint density at radius 3 is 2.05 bits per heavy atom. The summed E-state index contributed by atoms with van der Waals surface area (Å²) in [4.78, 5) is 0. The lowest BCUT2D eigenvalue weighted by Gasteiger charge is -2.31. The van der Waals surface area contributed by atoms with Crippen molar-refractivity contribution in [1.29, 1.82) is 0 Å². The van der Waals surface area contributed by atoms with Gasteiger partial charge in [0.1, 0.15) is 0 Å². The third kappa shape index (κ3) is 2.68. The second kappa shape index (κ2) is 5.88. The SMILES string of the molecule is CCC(CC)N1C=C(C)N(c2c(C)cc(C)cc2C)N1. The lowest BCUT2D eigenvalue weighted by molar-refractivity contribution is 0.202. The van der Waals surface area contributed by atoms with Crippen molar-refractivity contribution in [2.75, 3.05) is 5.01 Å². The monoisotopic (exact) mass is 273 g/mol. The molecule has 0 atom stereocenters. The lowest BCUT2D eigenvalue weighted by Crippen LogP contribution is -2.45. The smallest absolute Gasteiger partial charge is 0.0651 e. The molecule has 0 amide bonds. The number of benzene rings is 1. The van der Waals surface area contributed by atoms with E-state index in [9.17, 15) is 0 Å². The number of hydrazine groups is 2. The van der Waals surface area contributed by atoms with E-state index >= 15 is 0 Å². The van der Waals surface area contributed by atoms with Gasteiger partial charge in [-0.3, -0.25) is 10.0 Å². The molecule has 3 heteroatoms. The molecule has 0 fully saturated rings. The summed E-state index contributed by atoms with van der Waals surface area (Å²) >= 11 is 0. The van der Waals surface area contributed by atoms with Crippen molar-refractivity contribution in [2.45, 2.75) is 60.4 Å². The van der Waals surface area contributed by atoms with Crippen LogP contribution in [0.25, 0.3) is 0 Å². The van der Waals surface area contributed by atoms with Gasteiger partial charge in [-0.2, -0.15) is 0 Å². The van der Waals surface area contributed by atoms with Crippen LogP contribution < -0.4 is 10.5 Å². The van der Waals surface area contributed by atoms with Crippen molar-refractivity contribution < 1.29 is 0 Å². The van der Waals surface area contributed by atoms with E-state index < -0.39 is 0 Å². The summed E-state index contributed by atoms with van der Waals surface area (Å²) < 4.78 is 0. The third-order valence-electron chi connectivity index (χ3n) is 4.09. The molecule has 1 aliphatic rings. The van der Waals surface area contributed by atoms with Gasteiger partial charge in [0, 0.05) is 12.2 Å². The Kier molecular flexibility index (Phi) is 4.39. The van der Waals surface area contributed by atoms with Gasteiger partial charge in [0.2, 0.25) is 0 Å². The second-order valence-corrected chi connectivity index (χ2v) is 5.83. The van der Waals surface area contributed by atoms with Gasteiger partial charge in [0.25, 0.3) is 0 Å². The van der Waals surface area contributed by atoms with Gasteiger partial charge < -0.3 is 0 Å². The Labute approximate surface area is 123 Å². The molecule has 0 saturated heterocycles. The van der Waals surface area contributed by atoms with Crippen LogP contribution in [0.5, 0.6) is 0 Å². The van der Waals surface area contributed by atoms with Gasteiger partial charge in [0.15, 0.2) is 0 Å². The molecule has 1 heterocycles. The van der Waals surface area contributed by atoms with Crippen LogP contribution in [-0.4, -0.2) is 11.1 Å². The highest BCUT2D eigenvalue weighted by atomic mass is 15.8. The van der Waals surface area contributed by atoms with Gasteiger partial charge in [0.05, 0.1) is 11.4 Å². The molecule has 2 rings (SSSR count). The Hall–Kier alpha value is -1.48. The van der Waals surface area contributed by atoms with Crippen LogP contribution in [0.1, 0.15) is 50.3 Å². The molecule has 0 unspecified atom stereocenters. The highest BCUT2D eigenvalue weighted by Crippen LogP contribution is 2.30. The van der Waals surface area contributed by atoms with Crippen LogP contribution in [0.4, 0.5) is 5.69 Å². The Morgan fingerprint density at radius 1 is 1.00 bits per heavy atom. The summed E-state index contributed by atoms with van der Waals surface area (Å²) in [5, 5.41) is 4.45. The van der Waals surface area contributed by atoms with Crippen LogP contribution in [-0.2, 0) is 0 Å². The van der Waals surface area contributed by atoms with Gasteiger partial charge >= 0.3 is 0 Å². The van der Waals surface area contributed by atoms with Crippen molar-refractivity contribution >= 4 is 5.69 Å². The zero-order chi connectivity index (χ0) is 14.9. The molecular weight excluding hydrogens is 246 g/mol. The molecular formula is C17H27N3. The minimum atomic E-state index is 0.543. The molecule has 0 aromatic heterocycles. The average molecular weight is 273 g/mol. The second-order valence-electron chi connectivity index (χ2n) is 5.83. The zero-order valence-corrected chi connectivity index (χ0v) is 13.6. The largest absolute Gasteiger partial charge is 0.293 e. The summed E-state index contributed by atoms with van der Waals surface area (Å²) in [5.74, 6) is 0. The van der Waals surface area contributed by atoms with Gasteiger partial charge in [-0.1, -0.05) is 31.5 Å². The highest BCUT2D eigenvalue weighted by Gasteiger charge is 2.25. The quantitative estimate of drug-likeness (QED) is 0.887. The molecule has 1 aromatic rings. The van der Waals surface area contributed by atoms with Crippen molar-refractivity contribution in [2.24, 2.45) is 0 Å². The van der Waals surface area contributed by atoms with Gasteiger partial charge in [-0.05, 0) is 51.7 Å². The van der Waals surface area contributed by atoms with Crippen LogP contribution in [0.15, 0.2) is 24.0 Å². The molecule has 0 spiro atoms. The predicted molar refractivity (Wildman–Crippen MR) is 86.2 cm³/mol. The fourth-order valence-electron chi connectivity index (χ4n) is 3.10. The normalized spacial score (nSPS) is 15.2. The summed E-state index contributed by atoms with van der Waals surface area (Å²) in [6.45, 7) is 13.2. The van der Waals surface area contributed by atoms with E-state index in [-0.39, 0.29) is 0 Å². The summed E-state index contributed by atoms with van der Waals surface area (Å²) in [6, 6.07) is 5.04. The standard InChI is InChI=1S/C17H27N3/c1-7-16(8-2)19-11-15(6)20(18-19)17-13(4)9-12(3)10-14(17)5/h9-11,16,18H,7-8H2,1-6H3. The molecule has 3 nitrogen and oxygen atoms in total. The first kappa shape index (κ1) is 14.9. The lowest BCUT2D eigenvalue weighted by atomic mass is 10.0. The fourth-order valence-corrected chi connectivity index (χ4v) is 3.10. The van der Waals surface area contributed by atoms with Crippen LogP contribution >= 0.6 is 0 Å². The minimum absolute atomic E-state index is 0.543. The van der Waals surface area contributed by atoms with E-state index in [0.717, 1.165) is 12.8 Å². The molecule has 110 valence electrons. The summed E-state index contributed by atoms with van der Waals surface area (Å²) in [5.41, 5.74) is 10.0. The molecule has 1 aliphatic heterocycles. The number of rotatable bonds is 4. The highest BCUT2D eigenvalue weighted by molar-refractivity contribution is 5.63. The molecule has 0 aliphatic carbocycles. The third-order valence-corrected chi connectivity index (χ3v) is 4.09. The first-order valence-electron chi connectivity index (χ1n) is 7.58. The Morgan fingerprint density at radius 2 is 1.55 bits per heavy atom. The van der Waals surface area contributed by atoms with Crippen LogP contribution in [0, 0.1) is 20.8 Å². The van der Waals surface area contributed by atoms with Crippen LogP contribution in [0.2, 0.25) is 0 Å². The van der Waals surface area contributed by atoms with Gasteiger partial charge in [-0.15, -0.1) is 5.53 Å². The van der Waals surface area contributed by atoms with Crippen molar-refractivity contribution in [3.05, 3.63) is 40.7 Å². The molecule has 1 N–H and O–H groups in total. The van der Waals surface area contributed by atoms with Crippen molar-refractivity contribution in [1.82, 2.24) is 10.5 Å². The van der Waals surface area contributed by atoms with E-state index in [2.05, 4.69) is 75.4 Å². The zero-order valence-electron chi connectivity index (χ0n) is 13.6. The van der Waals surface area contributed by atoms with Crippen molar-refractivity contribution in [3.63, 3.8) is 0 Å². The van der Waals surface area contributed by atoms with Gasteiger partial charge in [-0.25, -0.2) is 0 Å². The van der Waals surface area contributed by atoms with Crippen molar-refractivity contribution in [3.8, 4) is 0 Å². The maximum absolute atomic E-state index is 3.53. The Balaban J connectivity index is 2.31. The maximum atomic E-state index is 3.53. The maximum Gasteiger partial charge on any atom is 0.0651 e. The van der Waals surface area contributed by atoms with E-state index in [4.69, 9.17) is 0 Å². The van der Waals surface area contributed by atoms with E-state index in [1.807, 2.05) is 0 Å². The number of aryl methyl sites for hydroxylation is 3. The fraction of sp³-hybridized carbons (Fsp3) is 0.529. The molecule has 1 aromatic carbocycles. The molecule has 0 radical (unpaired) electrons. The molecule has 0 bridgehead atoms. The first-order chi connectivity index (χ1) is 9.47. The van der Waals surface area contributed by atoms with Crippen LogP contribution in [0.3, 0.4) is 0 Å². The topological polar surface area (TPSA) is 18.5 Å². The van der Waals surface area contributed by atoms with E-state index in [1.165, 1.54) is 28.1 Å². The first-order valence-corrected chi connectivity index (χ1v) is 7.58. The number of nitrogens with one attached hydrogen (secondary N) is 1. The minimum Gasteiger partial charge on any atom is -0.293 e. The average Bonchev–Trinajstić information content (AvgIpc) is 2.72. The Bertz CT molecular complexity index is 492. The predicted octanol–water partition coefficient (Wildman–Crippen LogP) is 4.20. The number of hydrogen-bond donors (Lipinski definition) is 1. The van der Waals surface area contributed by atoms with E-state index in [1.54, 1.807) is 0 Å². The molecule has 20 heavy (non-hydrogen) atoms. The number of hydrogen-bond acceptors (Lipinski definition) is 3. The summed E-state index contributed by atoms with van der Waals surface area (Å²) in [6.07, 6.45) is 4.51. The van der Waals surface area contributed by atoms with E-state index in [0.29, 0.717) is 6.04 Å².